The van der Waals surface area contributed by atoms with Crippen LogP contribution in [0, 0.1) is 0 Å². The van der Waals surface area contributed by atoms with Crippen molar-refractivity contribution in [1.82, 2.24) is 4.98 Å². The fourth-order valence-corrected chi connectivity index (χ4v) is 3.04. The van der Waals surface area contributed by atoms with Crippen LogP contribution in [-0.4, -0.2) is 30.0 Å². The minimum atomic E-state index is -0.562. The molecule has 128 valence electrons. The molecule has 1 aromatic heterocycles. The molecule has 0 aliphatic rings. The van der Waals surface area contributed by atoms with E-state index in [9.17, 15) is 9.59 Å². The van der Waals surface area contributed by atoms with Crippen LogP contribution >= 0.6 is 15.9 Å². The number of aromatic amines is 1. The highest BCUT2D eigenvalue weighted by Gasteiger charge is 2.19. The van der Waals surface area contributed by atoms with Gasteiger partial charge in [-0.2, -0.15) is 0 Å². The van der Waals surface area contributed by atoms with E-state index >= 15 is 0 Å². The monoisotopic (exact) mass is 400 g/mol. The Labute approximate surface area is 153 Å². The predicted octanol–water partition coefficient (Wildman–Crippen LogP) is 4.14. The van der Waals surface area contributed by atoms with Crippen molar-refractivity contribution < 1.29 is 14.3 Å². The molecule has 0 fully saturated rings. The number of anilines is 1. The molecule has 2 aromatic carbocycles. The molecule has 0 atom stereocenters. The van der Waals surface area contributed by atoms with Crippen molar-refractivity contribution in [2.24, 2.45) is 0 Å². The molecular formula is C19H17BrN2O3. The standard InChI is InChI=1S/C19H17BrN2O3/c1-2-22(17-9-5-7-13-6-3-4-8-15(13)17)18(23)12-25-19(24)16-10-14(20)11-21-16/h3-11,21H,2,12H2,1H3. The number of halogens is 1. The molecule has 0 aliphatic heterocycles. The maximum atomic E-state index is 12.6. The lowest BCUT2D eigenvalue weighted by molar-refractivity contribution is -0.121. The van der Waals surface area contributed by atoms with Gasteiger partial charge in [-0.3, -0.25) is 4.79 Å². The summed E-state index contributed by atoms with van der Waals surface area (Å²) in [6.07, 6.45) is 1.63. The van der Waals surface area contributed by atoms with Crippen LogP contribution in [0.5, 0.6) is 0 Å². The average Bonchev–Trinajstić information content (AvgIpc) is 3.07. The number of ether oxygens (including phenoxy) is 1. The Hall–Kier alpha value is -2.60. The normalized spacial score (nSPS) is 10.6. The molecule has 0 aliphatic carbocycles. The predicted molar refractivity (Wildman–Crippen MR) is 101 cm³/mol. The fourth-order valence-electron chi connectivity index (χ4n) is 2.69. The first-order valence-electron chi connectivity index (χ1n) is 7.89. The summed E-state index contributed by atoms with van der Waals surface area (Å²) in [5.74, 6) is -0.828. The second kappa shape index (κ2) is 7.53. The summed E-state index contributed by atoms with van der Waals surface area (Å²) in [7, 11) is 0. The summed E-state index contributed by atoms with van der Waals surface area (Å²) in [6.45, 7) is 2.06. The molecule has 1 amide bonds. The zero-order valence-corrected chi connectivity index (χ0v) is 15.2. The molecule has 5 nitrogen and oxygen atoms in total. The number of esters is 1. The molecule has 0 saturated heterocycles. The van der Waals surface area contributed by atoms with E-state index in [0.29, 0.717) is 12.2 Å². The molecule has 25 heavy (non-hydrogen) atoms. The molecule has 0 bridgehead atoms. The van der Waals surface area contributed by atoms with Gasteiger partial charge in [0.15, 0.2) is 6.61 Å². The number of nitrogens with one attached hydrogen (secondary N) is 1. The van der Waals surface area contributed by atoms with Crippen molar-refractivity contribution in [3.05, 3.63) is 64.9 Å². The quantitative estimate of drug-likeness (QED) is 0.654. The molecule has 0 radical (unpaired) electrons. The van der Waals surface area contributed by atoms with Crippen LogP contribution in [0.25, 0.3) is 10.8 Å². The van der Waals surface area contributed by atoms with Gasteiger partial charge in [0, 0.05) is 22.6 Å². The van der Waals surface area contributed by atoms with Crippen LogP contribution in [0.1, 0.15) is 17.4 Å². The van der Waals surface area contributed by atoms with Crippen LogP contribution < -0.4 is 4.90 Å². The smallest absolute Gasteiger partial charge is 0.355 e. The van der Waals surface area contributed by atoms with E-state index in [1.54, 1.807) is 17.2 Å². The Bertz CT molecular complexity index is 914. The Morgan fingerprint density at radius 3 is 2.64 bits per heavy atom. The number of aromatic nitrogens is 1. The van der Waals surface area contributed by atoms with Crippen LogP contribution in [0.15, 0.2) is 59.2 Å². The highest BCUT2D eigenvalue weighted by molar-refractivity contribution is 9.10. The van der Waals surface area contributed by atoms with Gasteiger partial charge in [-0.15, -0.1) is 0 Å². The fraction of sp³-hybridized carbons (Fsp3) is 0.158. The van der Waals surface area contributed by atoms with E-state index in [2.05, 4.69) is 20.9 Å². The van der Waals surface area contributed by atoms with Gasteiger partial charge in [0.1, 0.15) is 5.69 Å². The molecule has 6 heteroatoms. The van der Waals surface area contributed by atoms with Gasteiger partial charge < -0.3 is 14.6 Å². The topological polar surface area (TPSA) is 62.4 Å². The van der Waals surface area contributed by atoms with Crippen molar-refractivity contribution in [3.8, 4) is 0 Å². The third kappa shape index (κ3) is 3.74. The van der Waals surface area contributed by atoms with E-state index in [0.717, 1.165) is 20.9 Å². The zero-order chi connectivity index (χ0) is 17.8. The van der Waals surface area contributed by atoms with Gasteiger partial charge in [0.05, 0.1) is 5.69 Å². The number of likely N-dealkylation sites (N-methyl/N-ethyl adjacent to an activating group) is 1. The number of rotatable bonds is 5. The van der Waals surface area contributed by atoms with Gasteiger partial charge in [0.2, 0.25) is 0 Å². The highest BCUT2D eigenvalue weighted by atomic mass is 79.9. The first-order valence-corrected chi connectivity index (χ1v) is 8.68. The van der Waals surface area contributed by atoms with E-state index in [1.807, 2.05) is 49.4 Å². The molecular weight excluding hydrogens is 384 g/mol. The minimum Gasteiger partial charge on any atom is -0.451 e. The summed E-state index contributed by atoms with van der Waals surface area (Å²) in [5, 5.41) is 2.04. The Morgan fingerprint density at radius 2 is 1.92 bits per heavy atom. The Kier molecular flexibility index (Phi) is 5.19. The number of hydrogen-bond acceptors (Lipinski definition) is 3. The summed E-state index contributed by atoms with van der Waals surface area (Å²) in [4.78, 5) is 29.0. The summed E-state index contributed by atoms with van der Waals surface area (Å²) >= 11 is 3.25. The molecule has 3 aromatic rings. The third-order valence-corrected chi connectivity index (χ3v) is 4.33. The lowest BCUT2D eigenvalue weighted by atomic mass is 10.1. The molecule has 1 heterocycles. The number of nitrogens with zero attached hydrogens (tertiary/aromatic N) is 1. The van der Waals surface area contributed by atoms with Gasteiger partial charge in [0.25, 0.3) is 5.91 Å². The second-order valence-corrected chi connectivity index (χ2v) is 6.36. The number of amides is 1. The summed E-state index contributed by atoms with van der Waals surface area (Å²) < 4.78 is 5.88. The molecule has 0 spiro atoms. The van der Waals surface area contributed by atoms with Gasteiger partial charge in [-0.1, -0.05) is 36.4 Å². The Morgan fingerprint density at radius 1 is 1.16 bits per heavy atom. The van der Waals surface area contributed by atoms with Crippen LogP contribution in [0.3, 0.4) is 0 Å². The van der Waals surface area contributed by atoms with Crippen molar-refractivity contribution in [1.29, 1.82) is 0 Å². The van der Waals surface area contributed by atoms with Crippen LogP contribution in [0.2, 0.25) is 0 Å². The Balaban J connectivity index is 1.76. The number of carbonyl (C=O) groups is 2. The highest BCUT2D eigenvalue weighted by Crippen LogP contribution is 2.26. The van der Waals surface area contributed by atoms with Gasteiger partial charge >= 0.3 is 5.97 Å². The second-order valence-electron chi connectivity index (χ2n) is 5.44. The lowest BCUT2D eigenvalue weighted by Gasteiger charge is -2.22. The number of benzene rings is 2. The SMILES string of the molecule is CCN(C(=O)COC(=O)c1cc(Br)c[nH]1)c1cccc2ccccc12. The van der Waals surface area contributed by atoms with Crippen LogP contribution in [-0.2, 0) is 9.53 Å². The minimum absolute atomic E-state index is 0.266. The number of hydrogen-bond donors (Lipinski definition) is 1. The summed E-state index contributed by atoms with van der Waals surface area (Å²) in [5.41, 5.74) is 1.11. The van der Waals surface area contributed by atoms with E-state index < -0.39 is 5.97 Å². The number of fused-ring (bicyclic) bond motifs is 1. The third-order valence-electron chi connectivity index (χ3n) is 3.87. The number of H-pyrrole nitrogens is 1. The average molecular weight is 401 g/mol. The molecule has 0 unspecified atom stereocenters. The van der Waals surface area contributed by atoms with E-state index in [1.165, 1.54) is 0 Å². The van der Waals surface area contributed by atoms with Gasteiger partial charge in [-0.05, 0) is 40.4 Å². The van der Waals surface area contributed by atoms with Crippen LogP contribution in [0.4, 0.5) is 5.69 Å². The van der Waals surface area contributed by atoms with Crippen molar-refractivity contribution in [3.63, 3.8) is 0 Å². The summed E-state index contributed by atoms with van der Waals surface area (Å²) in [6, 6.07) is 15.3. The van der Waals surface area contributed by atoms with E-state index in [-0.39, 0.29) is 12.5 Å². The van der Waals surface area contributed by atoms with Crippen molar-refractivity contribution in [2.75, 3.05) is 18.1 Å². The first-order chi connectivity index (χ1) is 12.1. The van der Waals surface area contributed by atoms with Gasteiger partial charge in [-0.25, -0.2) is 4.79 Å². The van der Waals surface area contributed by atoms with Crippen molar-refractivity contribution in [2.45, 2.75) is 6.92 Å². The largest absolute Gasteiger partial charge is 0.451 e. The molecule has 3 rings (SSSR count). The molecule has 1 N–H and O–H groups in total. The molecule has 0 saturated carbocycles. The maximum absolute atomic E-state index is 12.6. The van der Waals surface area contributed by atoms with Crippen molar-refractivity contribution >= 4 is 44.3 Å². The first kappa shape index (κ1) is 17.2. The lowest BCUT2D eigenvalue weighted by Crippen LogP contribution is -2.34. The maximum Gasteiger partial charge on any atom is 0.355 e. The zero-order valence-electron chi connectivity index (χ0n) is 13.7. The number of carbonyl (C=O) groups excluding carboxylic acids is 2. The van der Waals surface area contributed by atoms with E-state index in [4.69, 9.17) is 4.74 Å².